The summed E-state index contributed by atoms with van der Waals surface area (Å²) < 4.78 is 18.9. The molecule has 0 saturated heterocycles. The Morgan fingerprint density at radius 3 is 2.90 bits per heavy atom. The average molecular weight is 430 g/mol. The lowest BCUT2D eigenvalue weighted by atomic mass is 10.2. The van der Waals surface area contributed by atoms with E-state index >= 15 is 0 Å². The van der Waals surface area contributed by atoms with Crippen molar-refractivity contribution in [2.24, 2.45) is 7.05 Å². The first kappa shape index (κ1) is 19.8. The number of carbonyl (C=O) groups excluding carboxylic acids is 1. The minimum Gasteiger partial charge on any atom is -0.491 e. The molecule has 3 heterocycles. The Bertz CT molecular complexity index is 1140. The fraction of sp³-hybridized carbons (Fsp3) is 0.278. The molecule has 12 heteroatoms. The summed E-state index contributed by atoms with van der Waals surface area (Å²) in [5.74, 6) is 1.49. The largest absolute Gasteiger partial charge is 0.491 e. The average Bonchev–Trinajstić information content (AvgIpc) is 3.36. The van der Waals surface area contributed by atoms with Crippen LogP contribution < -0.4 is 25.0 Å². The molecule has 1 N–H and O–H groups in total. The summed E-state index contributed by atoms with van der Waals surface area (Å²) in [4.78, 5) is 24.9. The first-order valence-electron chi connectivity index (χ1n) is 8.85. The van der Waals surface area contributed by atoms with Crippen LogP contribution in [0.3, 0.4) is 0 Å². The maximum Gasteiger partial charge on any atom is 0.244 e. The van der Waals surface area contributed by atoms with Crippen LogP contribution in [0.1, 0.15) is 5.69 Å². The number of pyridine rings is 1. The second kappa shape index (κ2) is 8.45. The van der Waals surface area contributed by atoms with Gasteiger partial charge in [0.1, 0.15) is 6.54 Å². The van der Waals surface area contributed by atoms with Crippen LogP contribution in [0.15, 0.2) is 40.4 Å². The maximum absolute atomic E-state index is 12.6. The van der Waals surface area contributed by atoms with E-state index in [-0.39, 0.29) is 30.4 Å². The van der Waals surface area contributed by atoms with Crippen molar-refractivity contribution in [1.82, 2.24) is 24.8 Å². The number of nitrogens with one attached hydrogen (secondary N) is 1. The summed E-state index contributed by atoms with van der Waals surface area (Å²) in [6.07, 6.45) is 1.52. The van der Waals surface area contributed by atoms with E-state index in [4.69, 9.17) is 14.2 Å². The number of tetrazole rings is 1. The number of fused-ring (bicyclic) bond motifs is 1. The molecule has 0 spiro atoms. The number of amides is 1. The molecule has 1 aromatic carbocycles. The number of hydrogen-bond donors (Lipinski definition) is 1. The summed E-state index contributed by atoms with van der Waals surface area (Å²) in [5, 5.41) is 14.7. The Hall–Kier alpha value is -3.54. The number of carbonyl (C=O) groups is 1. The third-order valence-electron chi connectivity index (χ3n) is 4.30. The van der Waals surface area contributed by atoms with Crippen LogP contribution in [0.5, 0.6) is 17.2 Å². The molecule has 0 radical (unpaired) electrons. The van der Waals surface area contributed by atoms with Crippen molar-refractivity contribution >= 4 is 23.4 Å². The third kappa shape index (κ3) is 4.22. The van der Waals surface area contributed by atoms with Gasteiger partial charge < -0.3 is 24.1 Å². The van der Waals surface area contributed by atoms with Gasteiger partial charge >= 0.3 is 0 Å². The zero-order valence-corrected chi connectivity index (χ0v) is 17.0. The first-order chi connectivity index (χ1) is 14.5. The lowest BCUT2D eigenvalue weighted by Gasteiger charge is -2.14. The Morgan fingerprint density at radius 2 is 2.13 bits per heavy atom. The van der Waals surface area contributed by atoms with E-state index in [0.29, 0.717) is 33.8 Å². The molecule has 30 heavy (non-hydrogen) atoms. The normalized spacial score (nSPS) is 12.1. The number of rotatable bonds is 7. The molecule has 156 valence electrons. The molecule has 0 aliphatic carbocycles. The Labute approximate surface area is 174 Å². The van der Waals surface area contributed by atoms with E-state index in [1.165, 1.54) is 35.8 Å². The number of methoxy groups -OCH3 is 1. The molecule has 11 nitrogen and oxygen atoms in total. The third-order valence-corrected chi connectivity index (χ3v) is 5.35. The number of thioether (sulfide) groups is 1. The molecule has 0 saturated carbocycles. The Kier molecular flexibility index (Phi) is 5.57. The number of aromatic nitrogens is 5. The highest BCUT2D eigenvalue weighted by atomic mass is 32.2. The number of benzene rings is 1. The van der Waals surface area contributed by atoms with Crippen molar-refractivity contribution in [1.29, 1.82) is 0 Å². The predicted octanol–water partition coefficient (Wildman–Crippen LogP) is 1.04. The van der Waals surface area contributed by atoms with Crippen molar-refractivity contribution in [3.05, 3.63) is 46.4 Å². The molecule has 4 rings (SSSR count). The van der Waals surface area contributed by atoms with Crippen molar-refractivity contribution in [2.75, 3.05) is 19.2 Å². The van der Waals surface area contributed by atoms with Gasteiger partial charge in [-0.05, 0) is 22.6 Å². The van der Waals surface area contributed by atoms with Gasteiger partial charge in [-0.3, -0.25) is 9.59 Å². The second-order valence-corrected chi connectivity index (χ2v) is 7.26. The predicted molar refractivity (Wildman–Crippen MR) is 107 cm³/mol. The van der Waals surface area contributed by atoms with Gasteiger partial charge in [-0.2, -0.15) is 0 Å². The van der Waals surface area contributed by atoms with E-state index in [0.717, 1.165) is 0 Å². The number of nitrogens with zero attached hydrogens (tertiary/aromatic N) is 5. The van der Waals surface area contributed by atoms with Gasteiger partial charge in [0.2, 0.25) is 23.3 Å². The van der Waals surface area contributed by atoms with Crippen LogP contribution in [0, 0.1) is 0 Å². The van der Waals surface area contributed by atoms with Crippen LogP contribution in [0.4, 0.5) is 5.69 Å². The fourth-order valence-electron chi connectivity index (χ4n) is 2.83. The molecule has 2 aromatic heterocycles. The van der Waals surface area contributed by atoms with E-state index in [2.05, 4.69) is 20.8 Å². The topological polar surface area (TPSA) is 122 Å². The smallest absolute Gasteiger partial charge is 0.244 e. The first-order valence-corrected chi connectivity index (χ1v) is 9.84. The molecule has 1 aliphatic rings. The highest BCUT2D eigenvalue weighted by molar-refractivity contribution is 7.98. The van der Waals surface area contributed by atoms with Gasteiger partial charge in [0.25, 0.3) is 0 Å². The van der Waals surface area contributed by atoms with E-state index in [1.807, 2.05) is 0 Å². The molecule has 0 atom stereocenters. The highest BCUT2D eigenvalue weighted by Gasteiger charge is 2.16. The minimum absolute atomic E-state index is 0.0158. The van der Waals surface area contributed by atoms with Crippen LogP contribution in [0.2, 0.25) is 0 Å². The maximum atomic E-state index is 12.6. The molecule has 0 unspecified atom stereocenters. The van der Waals surface area contributed by atoms with Crippen LogP contribution in [0.25, 0.3) is 0 Å². The van der Waals surface area contributed by atoms with Crippen LogP contribution in [-0.4, -0.2) is 44.6 Å². The van der Waals surface area contributed by atoms with Gasteiger partial charge in [0.15, 0.2) is 17.2 Å². The highest BCUT2D eigenvalue weighted by Crippen LogP contribution is 2.34. The summed E-state index contributed by atoms with van der Waals surface area (Å²) in [6.45, 7) is 0.143. The fourth-order valence-corrected chi connectivity index (χ4v) is 3.67. The summed E-state index contributed by atoms with van der Waals surface area (Å²) in [5.41, 5.74) is 0.949. The van der Waals surface area contributed by atoms with Gasteiger partial charge in [-0.25, -0.2) is 4.68 Å². The number of ether oxygens (including phenoxy) is 3. The molecular formula is C18H18N6O5S. The van der Waals surface area contributed by atoms with E-state index in [9.17, 15) is 9.59 Å². The molecule has 1 amide bonds. The van der Waals surface area contributed by atoms with Crippen molar-refractivity contribution in [3.63, 3.8) is 0 Å². The summed E-state index contributed by atoms with van der Waals surface area (Å²) in [7, 11) is 3.13. The van der Waals surface area contributed by atoms with Crippen molar-refractivity contribution in [3.8, 4) is 17.2 Å². The van der Waals surface area contributed by atoms with Crippen molar-refractivity contribution < 1.29 is 19.0 Å². The SMILES string of the molecule is COc1cn(CC(=O)Nc2ccc3c(c2)OCO3)c(CSc2nnnn2C)cc1=O. The Balaban J connectivity index is 1.51. The summed E-state index contributed by atoms with van der Waals surface area (Å²) in [6, 6.07) is 6.61. The van der Waals surface area contributed by atoms with Gasteiger partial charge in [0.05, 0.1) is 13.3 Å². The van der Waals surface area contributed by atoms with E-state index in [1.54, 1.807) is 29.8 Å². The zero-order valence-electron chi connectivity index (χ0n) is 16.2. The zero-order chi connectivity index (χ0) is 21.1. The monoisotopic (exact) mass is 430 g/mol. The molecule has 0 fully saturated rings. The standard InChI is InChI=1S/C18H18N6O5S/c1-23-18(20-21-22-23)30-9-12-6-13(25)16(27-2)7-24(12)8-17(26)19-11-3-4-14-15(5-11)29-10-28-14/h3-7H,8-10H2,1-2H3,(H,19,26). The van der Waals surface area contributed by atoms with Gasteiger partial charge in [-0.15, -0.1) is 5.10 Å². The summed E-state index contributed by atoms with van der Waals surface area (Å²) >= 11 is 1.35. The second-order valence-electron chi connectivity index (χ2n) is 6.32. The van der Waals surface area contributed by atoms with Gasteiger partial charge in [-0.1, -0.05) is 11.8 Å². The van der Waals surface area contributed by atoms with Gasteiger partial charge in [0, 0.05) is 36.3 Å². The molecule has 1 aliphatic heterocycles. The molecular weight excluding hydrogens is 412 g/mol. The molecule has 0 bridgehead atoms. The minimum atomic E-state index is -0.272. The lowest BCUT2D eigenvalue weighted by molar-refractivity contribution is -0.116. The van der Waals surface area contributed by atoms with Crippen LogP contribution >= 0.6 is 11.8 Å². The molecule has 3 aromatic rings. The quantitative estimate of drug-likeness (QED) is 0.548. The van der Waals surface area contributed by atoms with Crippen molar-refractivity contribution in [2.45, 2.75) is 17.5 Å². The number of aryl methyl sites for hydroxylation is 1. The van der Waals surface area contributed by atoms with E-state index < -0.39 is 0 Å². The lowest BCUT2D eigenvalue weighted by Crippen LogP contribution is -2.22. The Morgan fingerprint density at radius 1 is 1.30 bits per heavy atom. The number of anilines is 1. The van der Waals surface area contributed by atoms with Crippen LogP contribution in [-0.2, 0) is 24.1 Å². The number of hydrogen-bond acceptors (Lipinski definition) is 9.